The molecule has 2 aliphatic heterocycles. The van der Waals surface area contributed by atoms with Crippen LogP contribution in [-0.4, -0.2) is 162 Å². The zero-order valence-corrected chi connectivity index (χ0v) is 49.9. The number of fused-ring (bicyclic) bond motifs is 29. The number of carbonyl (C=O) groups excluding carboxylic acids is 9. The smallest absolute Gasteiger partial charge is 0.251 e. The molecule has 4 aliphatic rings. The van der Waals surface area contributed by atoms with Crippen LogP contribution < -0.4 is 32.7 Å². The van der Waals surface area contributed by atoms with Gasteiger partial charge in [0.2, 0.25) is 47.3 Å². The topological polar surface area (TPSA) is 267 Å². The summed E-state index contributed by atoms with van der Waals surface area (Å²) in [6.45, 7) is 4.95. The summed E-state index contributed by atoms with van der Waals surface area (Å²) in [4.78, 5) is 132. The van der Waals surface area contributed by atoms with Gasteiger partial charge in [-0.25, -0.2) is 0 Å². The summed E-state index contributed by atoms with van der Waals surface area (Å²) in [6.07, 6.45) is 7.58. The zero-order valence-electron chi connectivity index (χ0n) is 49.0. The van der Waals surface area contributed by atoms with Crippen molar-refractivity contribution in [1.82, 2.24) is 40.9 Å². The van der Waals surface area contributed by atoms with Gasteiger partial charge in [0.25, 0.3) is 5.91 Å². The molecule has 0 saturated heterocycles. The molecule has 3 aromatic rings. The van der Waals surface area contributed by atoms with E-state index in [1.165, 1.54) is 31.4 Å². The maximum absolute atomic E-state index is 14.5. The number of primary amides is 1. The highest BCUT2D eigenvalue weighted by molar-refractivity contribution is 7.98. The number of carbonyl (C=O) groups is 9. The van der Waals surface area contributed by atoms with Gasteiger partial charge in [-0.2, -0.15) is 11.8 Å². The summed E-state index contributed by atoms with van der Waals surface area (Å²) in [5.41, 5.74) is 14.8. The molecule has 19 nitrogen and oxygen atoms in total. The van der Waals surface area contributed by atoms with E-state index in [4.69, 9.17) is 11.5 Å². The summed E-state index contributed by atoms with van der Waals surface area (Å²) < 4.78 is 0. The van der Waals surface area contributed by atoms with E-state index >= 15 is 0 Å². The molecule has 3 aromatic carbocycles. The minimum Gasteiger partial charge on any atom is -0.368 e. The number of aryl methyl sites for hydroxylation is 1. The first kappa shape index (κ1) is 65.4. The molecular formula is C63H90N10O9S. The third-order valence-electron chi connectivity index (χ3n) is 15.3. The lowest BCUT2D eigenvalue weighted by Crippen LogP contribution is -2.54. The van der Waals surface area contributed by atoms with E-state index < -0.39 is 47.8 Å². The molecule has 2 bridgehead atoms. The Labute approximate surface area is 494 Å². The molecule has 452 valence electrons. The van der Waals surface area contributed by atoms with E-state index in [1.807, 2.05) is 93.6 Å². The maximum Gasteiger partial charge on any atom is 0.251 e. The Bertz CT molecular complexity index is 2600. The molecule has 83 heavy (non-hydrogen) atoms. The quantitative estimate of drug-likeness (QED) is 0.0749. The zero-order chi connectivity index (χ0) is 59.7. The van der Waals surface area contributed by atoms with Gasteiger partial charge in [-0.05, 0) is 117 Å². The van der Waals surface area contributed by atoms with Crippen molar-refractivity contribution >= 4 is 64.9 Å². The number of rotatable bonds is 18. The fourth-order valence-electron chi connectivity index (χ4n) is 10.4. The van der Waals surface area contributed by atoms with Crippen LogP contribution in [0.3, 0.4) is 0 Å². The number of nitrogens with zero attached hydrogens (tertiary/aromatic N) is 4. The van der Waals surface area contributed by atoms with Crippen LogP contribution in [0.15, 0.2) is 84.9 Å². The fraction of sp³-hybridized carbons (Fsp3) is 0.571. The number of unbranched alkanes of at least 4 members (excludes halogenated alkanes) is 1. The van der Waals surface area contributed by atoms with Crippen LogP contribution in [0.4, 0.5) is 0 Å². The highest BCUT2D eigenvalue weighted by atomic mass is 32.2. The van der Waals surface area contributed by atoms with Crippen LogP contribution >= 0.6 is 11.8 Å². The predicted octanol–water partition coefficient (Wildman–Crippen LogP) is 4.74. The molecule has 20 heteroatoms. The Morgan fingerprint density at radius 1 is 0.627 bits per heavy atom. The summed E-state index contributed by atoms with van der Waals surface area (Å²) in [5.74, 6) is -2.10. The van der Waals surface area contributed by atoms with Crippen molar-refractivity contribution < 1.29 is 43.2 Å². The second kappa shape index (κ2) is 34.1. The van der Waals surface area contributed by atoms with E-state index in [0.717, 1.165) is 42.4 Å². The van der Waals surface area contributed by atoms with Crippen molar-refractivity contribution in [3.05, 3.63) is 107 Å². The number of nitrogens with one attached hydrogen (secondary N) is 4. The molecular weight excluding hydrogens is 1070 g/mol. The van der Waals surface area contributed by atoms with Crippen LogP contribution in [0.5, 0.6) is 0 Å². The van der Waals surface area contributed by atoms with E-state index in [1.54, 1.807) is 12.1 Å². The normalized spacial score (nSPS) is 21.0. The van der Waals surface area contributed by atoms with Gasteiger partial charge in [0.15, 0.2) is 0 Å². The molecule has 0 radical (unpaired) electrons. The van der Waals surface area contributed by atoms with E-state index in [0.29, 0.717) is 68.6 Å². The van der Waals surface area contributed by atoms with Crippen molar-refractivity contribution in [3.63, 3.8) is 0 Å². The lowest BCUT2D eigenvalue weighted by atomic mass is 10.0. The Morgan fingerprint density at radius 3 is 1.70 bits per heavy atom. The van der Waals surface area contributed by atoms with Gasteiger partial charge in [-0.15, -0.1) is 0 Å². The first-order valence-electron chi connectivity index (χ1n) is 30.0. The molecule has 7 rings (SSSR count). The second-order valence-corrected chi connectivity index (χ2v) is 24.4. The summed E-state index contributed by atoms with van der Waals surface area (Å²) >= 11 is 1.51. The number of hydrogen-bond donors (Lipinski definition) is 6. The SMILES string of the molecule is CC[C@H]1CN(CC(N)=O)C(=O)CCSCc2ccc(cc2)C(=O)N[C@@H](Cc2ccccc2)CN(C(=O)CC2CC2)CC(=O)N[C@@H](CC(C)C)CN(C(=O)CC2CC2)CC(=O)N[C@@H](CCCCN)CN(C(=O)CCc2ccccc2)CC(=O)N1. The van der Waals surface area contributed by atoms with Crippen LogP contribution in [0.2, 0.25) is 0 Å². The number of nitrogens with two attached hydrogens (primary N) is 2. The van der Waals surface area contributed by atoms with Crippen molar-refractivity contribution in [2.75, 3.05) is 64.7 Å². The molecule has 0 spiro atoms. The van der Waals surface area contributed by atoms with E-state index in [-0.39, 0.29) is 125 Å². The van der Waals surface area contributed by atoms with Crippen molar-refractivity contribution in [3.8, 4) is 0 Å². The number of hydrogen-bond acceptors (Lipinski definition) is 11. The summed E-state index contributed by atoms with van der Waals surface area (Å²) in [6, 6.07) is 23.9. The van der Waals surface area contributed by atoms with Gasteiger partial charge in [0.1, 0.15) is 0 Å². The minimum absolute atomic E-state index is 0.00336. The molecule has 8 N–H and O–H groups in total. The van der Waals surface area contributed by atoms with Crippen molar-refractivity contribution in [2.45, 2.75) is 147 Å². The fourth-order valence-corrected chi connectivity index (χ4v) is 11.3. The highest BCUT2D eigenvalue weighted by Gasteiger charge is 2.34. The van der Waals surface area contributed by atoms with Crippen molar-refractivity contribution in [1.29, 1.82) is 0 Å². The number of thioether (sulfide) groups is 1. The van der Waals surface area contributed by atoms with Gasteiger partial charge in [-0.1, -0.05) is 100.0 Å². The van der Waals surface area contributed by atoms with Crippen LogP contribution in [0.25, 0.3) is 0 Å². The molecule has 2 aliphatic carbocycles. The molecule has 9 amide bonds. The Balaban J connectivity index is 1.32. The molecule has 2 heterocycles. The predicted molar refractivity (Wildman–Crippen MR) is 322 cm³/mol. The van der Waals surface area contributed by atoms with Gasteiger partial charge in [0.05, 0.1) is 32.2 Å². The second-order valence-electron chi connectivity index (χ2n) is 23.3. The third-order valence-corrected chi connectivity index (χ3v) is 16.3. The van der Waals surface area contributed by atoms with Gasteiger partial charge >= 0.3 is 0 Å². The standard InChI is InChI=1S/C63H90N10O9S/c1-4-51-35-70(39-55(65)74)60(79)28-30-83-43-49-22-25-50(26-23-49)63(82)69-54(32-46-15-9-6-10-16-46)38-73(62(81)34-48-20-21-48)42-58(77)68-53(31-44(2)3)37-72(61(80)33-47-18-19-47)41-57(76)67-52(17-11-12-29-64)36-71(40-56(75)66-51)59(78)27-24-45-13-7-5-8-14-45/h5-10,13-16,22-23,25-26,44,47-48,51-54H,4,11-12,17-21,24,27-43,64H2,1-3H3,(H2,65,74)(H,66,75)(H,67,76)(H,68,77)(H,69,82)/t51-,52-,53-,54-/m0/s1. The maximum atomic E-state index is 14.5. The van der Waals surface area contributed by atoms with E-state index in [9.17, 15) is 43.2 Å². The molecule has 4 atom stereocenters. The average Bonchev–Trinajstić information content (AvgIpc) is 4.48. The van der Waals surface area contributed by atoms with Crippen molar-refractivity contribution in [2.24, 2.45) is 29.2 Å². The number of amides is 9. The largest absolute Gasteiger partial charge is 0.368 e. The lowest BCUT2D eigenvalue weighted by molar-refractivity contribution is -0.139. The molecule has 2 saturated carbocycles. The van der Waals surface area contributed by atoms with Gasteiger partial charge in [-0.3, -0.25) is 43.2 Å². The molecule has 0 unspecified atom stereocenters. The number of benzene rings is 3. The average molecular weight is 1160 g/mol. The first-order valence-corrected chi connectivity index (χ1v) is 31.1. The van der Waals surface area contributed by atoms with Crippen LogP contribution in [0, 0.1) is 17.8 Å². The van der Waals surface area contributed by atoms with Crippen LogP contribution in [0.1, 0.15) is 131 Å². The Morgan fingerprint density at radius 2 is 1.16 bits per heavy atom. The first-order chi connectivity index (χ1) is 39.9. The van der Waals surface area contributed by atoms with E-state index in [2.05, 4.69) is 21.3 Å². The Hall–Kier alpha value is -6.80. The van der Waals surface area contributed by atoms with Crippen LogP contribution in [-0.2, 0) is 57.0 Å². The third kappa shape index (κ3) is 24.5. The minimum atomic E-state index is -0.708. The lowest BCUT2D eigenvalue weighted by Gasteiger charge is -2.32. The summed E-state index contributed by atoms with van der Waals surface area (Å²) in [5, 5.41) is 12.4. The Kier molecular flexibility index (Phi) is 26.8. The monoisotopic (exact) mass is 1160 g/mol. The highest BCUT2D eigenvalue weighted by Crippen LogP contribution is 2.34. The molecule has 2 fully saturated rings. The van der Waals surface area contributed by atoms with Gasteiger partial charge in [0, 0.05) is 87.1 Å². The summed E-state index contributed by atoms with van der Waals surface area (Å²) in [7, 11) is 0. The van der Waals surface area contributed by atoms with Gasteiger partial charge < -0.3 is 52.3 Å². The molecule has 0 aromatic heterocycles.